The number of nitrogens with two attached hydrogens (primary N) is 1. The predicted octanol–water partition coefficient (Wildman–Crippen LogP) is 1.48. The molecule has 2 rings (SSSR count). The molecular formula is C11H14ClFN2O. The highest BCUT2D eigenvalue weighted by Crippen LogP contribution is 2.30. The summed E-state index contributed by atoms with van der Waals surface area (Å²) in [4.78, 5) is 13.1. The molecule has 0 fully saturated rings. The highest BCUT2D eigenvalue weighted by Gasteiger charge is 2.28. The average molecular weight is 245 g/mol. The fourth-order valence-electron chi connectivity index (χ4n) is 1.87. The summed E-state index contributed by atoms with van der Waals surface area (Å²) < 4.78 is 13.5. The van der Waals surface area contributed by atoms with Crippen LogP contribution in [0.15, 0.2) is 18.2 Å². The van der Waals surface area contributed by atoms with Gasteiger partial charge in [0.1, 0.15) is 5.82 Å². The van der Waals surface area contributed by atoms with E-state index in [9.17, 15) is 9.18 Å². The van der Waals surface area contributed by atoms with Crippen LogP contribution in [0.5, 0.6) is 0 Å². The van der Waals surface area contributed by atoms with Crippen LogP contribution in [-0.4, -0.2) is 18.5 Å². The van der Waals surface area contributed by atoms with E-state index >= 15 is 0 Å². The molecule has 0 saturated heterocycles. The molecule has 0 spiro atoms. The Morgan fingerprint density at radius 2 is 2.25 bits per heavy atom. The first-order valence-corrected chi connectivity index (χ1v) is 4.95. The van der Waals surface area contributed by atoms with Crippen molar-refractivity contribution in [1.29, 1.82) is 0 Å². The molecule has 88 valence electrons. The maximum Gasteiger partial charge on any atom is 0.243 e. The van der Waals surface area contributed by atoms with E-state index in [0.717, 1.165) is 5.56 Å². The number of halogens is 2. The summed E-state index contributed by atoms with van der Waals surface area (Å²) in [5, 5.41) is 0. The smallest absolute Gasteiger partial charge is 0.243 e. The quantitative estimate of drug-likeness (QED) is 0.814. The summed E-state index contributed by atoms with van der Waals surface area (Å²) in [7, 11) is 0. The average Bonchev–Trinajstić information content (AvgIpc) is 2.61. The van der Waals surface area contributed by atoms with Crippen molar-refractivity contribution in [2.45, 2.75) is 19.4 Å². The van der Waals surface area contributed by atoms with Crippen molar-refractivity contribution < 1.29 is 9.18 Å². The highest BCUT2D eigenvalue weighted by atomic mass is 35.5. The third kappa shape index (κ3) is 2.03. The molecule has 5 heteroatoms. The molecule has 1 atom stereocenters. The van der Waals surface area contributed by atoms with Crippen LogP contribution in [0.1, 0.15) is 12.5 Å². The van der Waals surface area contributed by atoms with Crippen LogP contribution in [-0.2, 0) is 11.2 Å². The minimum Gasteiger partial charge on any atom is -0.320 e. The Morgan fingerprint density at radius 1 is 1.56 bits per heavy atom. The first kappa shape index (κ1) is 12.9. The lowest BCUT2D eigenvalue weighted by molar-refractivity contribution is -0.119. The van der Waals surface area contributed by atoms with Gasteiger partial charge in [0.2, 0.25) is 5.91 Å². The SMILES string of the molecule is C[C@@H](N)C(=O)N1CCc2cccc(F)c21.Cl. The maximum atomic E-state index is 13.5. The van der Waals surface area contributed by atoms with Gasteiger partial charge in [0.25, 0.3) is 0 Å². The number of para-hydroxylation sites is 1. The van der Waals surface area contributed by atoms with Crippen LogP contribution in [0.3, 0.4) is 0 Å². The molecule has 0 aromatic heterocycles. The number of anilines is 1. The number of carbonyl (C=O) groups is 1. The standard InChI is InChI=1S/C11H13FN2O.ClH/c1-7(13)11(15)14-6-5-8-3-2-4-9(12)10(8)14;/h2-4,7H,5-6,13H2,1H3;1H/t7-;/m1./s1. The van der Waals surface area contributed by atoms with E-state index in [1.54, 1.807) is 13.0 Å². The van der Waals surface area contributed by atoms with Gasteiger partial charge >= 0.3 is 0 Å². The molecule has 1 aromatic carbocycles. The number of fused-ring (bicyclic) bond motifs is 1. The second kappa shape index (κ2) is 4.80. The summed E-state index contributed by atoms with van der Waals surface area (Å²) in [5.74, 6) is -0.571. The van der Waals surface area contributed by atoms with Gasteiger partial charge in [-0.05, 0) is 25.0 Å². The van der Waals surface area contributed by atoms with E-state index in [1.165, 1.54) is 11.0 Å². The molecule has 0 radical (unpaired) electrons. The van der Waals surface area contributed by atoms with Gasteiger partial charge in [-0.1, -0.05) is 12.1 Å². The molecule has 0 bridgehead atoms. The van der Waals surface area contributed by atoms with Crippen molar-refractivity contribution in [2.24, 2.45) is 5.73 Å². The number of carbonyl (C=O) groups excluding carboxylic acids is 1. The number of hydrogen-bond donors (Lipinski definition) is 1. The minimum atomic E-state index is -0.587. The van der Waals surface area contributed by atoms with E-state index in [0.29, 0.717) is 18.7 Å². The minimum absolute atomic E-state index is 0. The Kier molecular flexibility index (Phi) is 3.88. The Labute approximate surface area is 99.8 Å². The van der Waals surface area contributed by atoms with Crippen LogP contribution < -0.4 is 10.6 Å². The normalized spacial score (nSPS) is 15.3. The van der Waals surface area contributed by atoms with Gasteiger partial charge in [-0.15, -0.1) is 12.4 Å². The van der Waals surface area contributed by atoms with E-state index in [4.69, 9.17) is 5.73 Å². The predicted molar refractivity (Wildman–Crippen MR) is 63.4 cm³/mol. The van der Waals surface area contributed by atoms with Gasteiger partial charge in [-0.25, -0.2) is 4.39 Å². The number of amides is 1. The third-order valence-electron chi connectivity index (χ3n) is 2.60. The molecule has 1 aliphatic heterocycles. The van der Waals surface area contributed by atoms with Gasteiger partial charge < -0.3 is 10.6 Å². The lowest BCUT2D eigenvalue weighted by Gasteiger charge is -2.19. The van der Waals surface area contributed by atoms with Gasteiger partial charge in [-0.3, -0.25) is 4.79 Å². The van der Waals surface area contributed by atoms with Crippen molar-refractivity contribution in [1.82, 2.24) is 0 Å². The zero-order chi connectivity index (χ0) is 11.0. The monoisotopic (exact) mass is 244 g/mol. The van der Waals surface area contributed by atoms with E-state index in [1.807, 2.05) is 6.07 Å². The van der Waals surface area contributed by atoms with Crippen LogP contribution in [0.25, 0.3) is 0 Å². The number of nitrogens with zero attached hydrogens (tertiary/aromatic N) is 1. The molecule has 0 saturated carbocycles. The first-order valence-electron chi connectivity index (χ1n) is 4.95. The number of rotatable bonds is 1. The second-order valence-corrected chi connectivity index (χ2v) is 3.78. The van der Waals surface area contributed by atoms with E-state index < -0.39 is 6.04 Å². The van der Waals surface area contributed by atoms with Crippen molar-refractivity contribution in [3.8, 4) is 0 Å². The maximum absolute atomic E-state index is 13.5. The zero-order valence-electron chi connectivity index (χ0n) is 8.94. The molecular weight excluding hydrogens is 231 g/mol. The van der Waals surface area contributed by atoms with Crippen LogP contribution >= 0.6 is 12.4 Å². The van der Waals surface area contributed by atoms with Crippen LogP contribution in [0.2, 0.25) is 0 Å². The largest absolute Gasteiger partial charge is 0.320 e. The lowest BCUT2D eigenvalue weighted by Crippen LogP contribution is -2.41. The fraction of sp³-hybridized carbons (Fsp3) is 0.364. The van der Waals surface area contributed by atoms with Crippen molar-refractivity contribution in [2.75, 3.05) is 11.4 Å². The molecule has 1 aliphatic rings. The Balaban J connectivity index is 0.00000128. The number of benzene rings is 1. The number of hydrogen-bond acceptors (Lipinski definition) is 2. The van der Waals surface area contributed by atoms with Crippen LogP contribution in [0.4, 0.5) is 10.1 Å². The van der Waals surface area contributed by atoms with Crippen molar-refractivity contribution in [3.05, 3.63) is 29.6 Å². The Bertz CT molecular complexity index is 409. The summed E-state index contributed by atoms with van der Waals surface area (Å²) >= 11 is 0. The summed E-state index contributed by atoms with van der Waals surface area (Å²) in [5.41, 5.74) is 6.79. The zero-order valence-corrected chi connectivity index (χ0v) is 9.76. The molecule has 1 aromatic rings. The summed E-state index contributed by atoms with van der Waals surface area (Å²) in [6, 6.07) is 4.28. The van der Waals surface area contributed by atoms with Gasteiger partial charge in [0.05, 0.1) is 11.7 Å². The first-order chi connectivity index (χ1) is 7.11. The molecule has 2 N–H and O–H groups in total. The lowest BCUT2D eigenvalue weighted by atomic mass is 10.1. The molecule has 3 nitrogen and oxygen atoms in total. The highest BCUT2D eigenvalue weighted by molar-refractivity contribution is 5.98. The third-order valence-corrected chi connectivity index (χ3v) is 2.60. The Morgan fingerprint density at radius 3 is 2.88 bits per heavy atom. The summed E-state index contributed by atoms with van der Waals surface area (Å²) in [6.07, 6.45) is 0.700. The molecule has 1 heterocycles. The van der Waals surface area contributed by atoms with Gasteiger partial charge in [0, 0.05) is 6.54 Å². The van der Waals surface area contributed by atoms with Crippen molar-refractivity contribution >= 4 is 24.0 Å². The van der Waals surface area contributed by atoms with Gasteiger partial charge in [0.15, 0.2) is 0 Å². The van der Waals surface area contributed by atoms with E-state index in [-0.39, 0.29) is 24.1 Å². The topological polar surface area (TPSA) is 46.3 Å². The Hall–Kier alpha value is -1.13. The van der Waals surface area contributed by atoms with E-state index in [2.05, 4.69) is 0 Å². The molecule has 0 aliphatic carbocycles. The van der Waals surface area contributed by atoms with Crippen molar-refractivity contribution in [3.63, 3.8) is 0 Å². The van der Waals surface area contributed by atoms with Crippen LogP contribution in [0, 0.1) is 5.82 Å². The molecule has 0 unspecified atom stereocenters. The van der Waals surface area contributed by atoms with Gasteiger partial charge in [-0.2, -0.15) is 0 Å². The second-order valence-electron chi connectivity index (χ2n) is 3.78. The fourth-order valence-corrected chi connectivity index (χ4v) is 1.87. The molecule has 1 amide bonds. The summed E-state index contributed by atoms with van der Waals surface area (Å²) in [6.45, 7) is 2.14. The molecule has 16 heavy (non-hydrogen) atoms.